The Balaban J connectivity index is 2.10. The molecule has 0 spiro atoms. The lowest BCUT2D eigenvalue weighted by molar-refractivity contribution is 0.103. The summed E-state index contributed by atoms with van der Waals surface area (Å²) in [6, 6.07) is 7.52. The van der Waals surface area contributed by atoms with Gasteiger partial charge in [-0.1, -0.05) is 0 Å². The molecule has 0 aliphatic carbocycles. The molecule has 0 unspecified atom stereocenters. The maximum Gasteiger partial charge on any atom is 0.265 e. The Morgan fingerprint density at radius 3 is 2.56 bits per heavy atom. The molecule has 2 aromatic rings. The van der Waals surface area contributed by atoms with Crippen molar-refractivity contribution in [2.24, 2.45) is 0 Å². The monoisotopic (exact) mass is 235 g/mol. The van der Waals surface area contributed by atoms with E-state index in [1.807, 2.05) is 18.4 Å². The normalized spacial score (nSPS) is 10.1. The van der Waals surface area contributed by atoms with Crippen molar-refractivity contribution in [3.63, 3.8) is 0 Å². The fraction of sp³-hybridized carbons (Fsp3) is 0.0833. The zero-order valence-corrected chi connectivity index (χ0v) is 9.48. The van der Waals surface area contributed by atoms with Crippen molar-refractivity contribution in [1.29, 1.82) is 0 Å². The first-order valence-corrected chi connectivity index (χ1v) is 5.65. The highest BCUT2D eigenvalue weighted by atomic mass is 32.1. The Kier molecular flexibility index (Phi) is 3.01. The molecule has 2 nitrogen and oxygen atoms in total. The average Bonchev–Trinajstić information content (AvgIpc) is 2.68. The molecule has 0 aliphatic rings. The van der Waals surface area contributed by atoms with Crippen LogP contribution < -0.4 is 5.32 Å². The van der Waals surface area contributed by atoms with Gasteiger partial charge in [-0.15, -0.1) is 11.3 Å². The van der Waals surface area contributed by atoms with E-state index in [0.717, 1.165) is 5.56 Å². The van der Waals surface area contributed by atoms with Gasteiger partial charge in [0.15, 0.2) is 0 Å². The number of anilines is 1. The first-order valence-electron chi connectivity index (χ1n) is 4.77. The van der Waals surface area contributed by atoms with Crippen LogP contribution in [0.15, 0.2) is 35.7 Å². The largest absolute Gasteiger partial charge is 0.321 e. The average molecular weight is 235 g/mol. The summed E-state index contributed by atoms with van der Waals surface area (Å²) in [6.45, 7) is 1.94. The van der Waals surface area contributed by atoms with Gasteiger partial charge in [-0.05, 0) is 48.2 Å². The Morgan fingerprint density at radius 2 is 2.00 bits per heavy atom. The van der Waals surface area contributed by atoms with Gasteiger partial charge < -0.3 is 5.32 Å². The predicted octanol–water partition coefficient (Wildman–Crippen LogP) is 3.45. The maximum absolute atomic E-state index is 12.6. The van der Waals surface area contributed by atoms with E-state index in [-0.39, 0.29) is 11.7 Å². The fourth-order valence-corrected chi connectivity index (χ4v) is 2.07. The molecular formula is C12H10FNOS. The van der Waals surface area contributed by atoms with Crippen LogP contribution >= 0.6 is 11.3 Å². The van der Waals surface area contributed by atoms with E-state index < -0.39 is 0 Å². The number of carbonyl (C=O) groups excluding carboxylic acids is 1. The molecule has 4 heteroatoms. The second kappa shape index (κ2) is 4.45. The van der Waals surface area contributed by atoms with Crippen LogP contribution in [0.5, 0.6) is 0 Å². The van der Waals surface area contributed by atoms with Crippen molar-refractivity contribution < 1.29 is 9.18 Å². The summed E-state index contributed by atoms with van der Waals surface area (Å²) < 4.78 is 12.6. The number of aryl methyl sites for hydroxylation is 1. The van der Waals surface area contributed by atoms with Crippen LogP contribution in [0.4, 0.5) is 10.1 Å². The molecule has 0 saturated heterocycles. The van der Waals surface area contributed by atoms with Crippen LogP contribution in [-0.2, 0) is 0 Å². The number of amides is 1. The van der Waals surface area contributed by atoms with Crippen molar-refractivity contribution in [2.75, 3.05) is 5.32 Å². The summed E-state index contributed by atoms with van der Waals surface area (Å²) in [4.78, 5) is 12.4. The standard InChI is InChI=1S/C12H10FNOS/c1-8-6-11(16-7-8)12(15)14-10-4-2-9(13)3-5-10/h2-7H,1H3,(H,14,15). The Labute approximate surface area is 96.7 Å². The van der Waals surface area contributed by atoms with Crippen LogP contribution in [0.25, 0.3) is 0 Å². The van der Waals surface area contributed by atoms with Crippen LogP contribution in [0, 0.1) is 12.7 Å². The molecule has 1 aromatic carbocycles. The van der Waals surface area contributed by atoms with Gasteiger partial charge in [0, 0.05) is 5.69 Å². The van der Waals surface area contributed by atoms with E-state index in [0.29, 0.717) is 10.6 Å². The van der Waals surface area contributed by atoms with Gasteiger partial charge in [0.1, 0.15) is 5.82 Å². The van der Waals surface area contributed by atoms with Crippen molar-refractivity contribution in [1.82, 2.24) is 0 Å². The molecule has 0 bridgehead atoms. The van der Waals surface area contributed by atoms with Gasteiger partial charge in [-0.2, -0.15) is 0 Å². The SMILES string of the molecule is Cc1csc(C(=O)Nc2ccc(F)cc2)c1. The zero-order valence-electron chi connectivity index (χ0n) is 8.66. The molecule has 1 aromatic heterocycles. The highest BCUT2D eigenvalue weighted by molar-refractivity contribution is 7.12. The topological polar surface area (TPSA) is 29.1 Å². The summed E-state index contributed by atoms with van der Waals surface area (Å²) in [5.41, 5.74) is 1.66. The quantitative estimate of drug-likeness (QED) is 0.848. The highest BCUT2D eigenvalue weighted by Crippen LogP contribution is 2.16. The molecule has 0 aliphatic heterocycles. The van der Waals surface area contributed by atoms with Gasteiger partial charge in [0.05, 0.1) is 4.88 Å². The molecule has 1 heterocycles. The maximum atomic E-state index is 12.6. The van der Waals surface area contributed by atoms with Gasteiger partial charge in [-0.25, -0.2) is 4.39 Å². The third-order valence-corrected chi connectivity index (χ3v) is 3.10. The van der Waals surface area contributed by atoms with Crippen molar-refractivity contribution >= 4 is 22.9 Å². The number of benzene rings is 1. The van der Waals surface area contributed by atoms with Crippen molar-refractivity contribution in [2.45, 2.75) is 6.92 Å². The number of nitrogens with one attached hydrogen (secondary N) is 1. The van der Waals surface area contributed by atoms with Crippen LogP contribution in [-0.4, -0.2) is 5.91 Å². The molecule has 1 N–H and O–H groups in total. The third kappa shape index (κ3) is 2.46. The molecule has 16 heavy (non-hydrogen) atoms. The smallest absolute Gasteiger partial charge is 0.265 e. The van der Waals surface area contributed by atoms with E-state index >= 15 is 0 Å². The predicted molar refractivity (Wildman–Crippen MR) is 63.4 cm³/mol. The summed E-state index contributed by atoms with van der Waals surface area (Å²) in [5.74, 6) is -0.477. The lowest BCUT2D eigenvalue weighted by Crippen LogP contribution is -2.09. The van der Waals surface area contributed by atoms with Crippen LogP contribution in [0.3, 0.4) is 0 Å². The minimum Gasteiger partial charge on any atom is -0.321 e. The summed E-state index contributed by atoms with van der Waals surface area (Å²) in [5, 5.41) is 4.62. The van der Waals surface area contributed by atoms with Gasteiger partial charge in [0.25, 0.3) is 5.91 Å². The van der Waals surface area contributed by atoms with E-state index in [1.54, 1.807) is 0 Å². The van der Waals surface area contributed by atoms with E-state index in [1.165, 1.54) is 35.6 Å². The number of carbonyl (C=O) groups is 1. The molecule has 82 valence electrons. The summed E-state index contributed by atoms with van der Waals surface area (Å²) >= 11 is 1.39. The zero-order chi connectivity index (χ0) is 11.5. The van der Waals surface area contributed by atoms with E-state index in [2.05, 4.69) is 5.32 Å². The molecule has 0 saturated carbocycles. The third-order valence-electron chi connectivity index (χ3n) is 2.06. The molecular weight excluding hydrogens is 225 g/mol. The first kappa shape index (κ1) is 10.8. The lowest BCUT2D eigenvalue weighted by atomic mass is 10.3. The Hall–Kier alpha value is -1.68. The molecule has 1 amide bonds. The van der Waals surface area contributed by atoms with Crippen molar-refractivity contribution in [3.8, 4) is 0 Å². The molecule has 0 fully saturated rings. The lowest BCUT2D eigenvalue weighted by Gasteiger charge is -2.02. The molecule has 2 rings (SSSR count). The van der Waals surface area contributed by atoms with E-state index in [9.17, 15) is 9.18 Å². The summed E-state index contributed by atoms with van der Waals surface area (Å²) in [6.07, 6.45) is 0. The Bertz CT molecular complexity index is 504. The number of hydrogen-bond donors (Lipinski definition) is 1. The number of hydrogen-bond acceptors (Lipinski definition) is 2. The molecule has 0 atom stereocenters. The highest BCUT2D eigenvalue weighted by Gasteiger charge is 2.07. The van der Waals surface area contributed by atoms with E-state index in [4.69, 9.17) is 0 Å². The van der Waals surface area contributed by atoms with Gasteiger partial charge in [0.2, 0.25) is 0 Å². The second-order valence-electron chi connectivity index (χ2n) is 3.45. The van der Waals surface area contributed by atoms with Crippen molar-refractivity contribution in [3.05, 3.63) is 52.0 Å². The minimum atomic E-state index is -0.315. The summed E-state index contributed by atoms with van der Waals surface area (Å²) in [7, 11) is 0. The number of rotatable bonds is 2. The van der Waals surface area contributed by atoms with Crippen LogP contribution in [0.2, 0.25) is 0 Å². The van der Waals surface area contributed by atoms with Gasteiger partial charge in [-0.3, -0.25) is 4.79 Å². The van der Waals surface area contributed by atoms with Gasteiger partial charge >= 0.3 is 0 Å². The second-order valence-corrected chi connectivity index (χ2v) is 4.36. The first-order chi connectivity index (χ1) is 7.65. The number of halogens is 1. The number of thiophene rings is 1. The minimum absolute atomic E-state index is 0.162. The molecule has 0 radical (unpaired) electrons. The van der Waals surface area contributed by atoms with Crippen LogP contribution in [0.1, 0.15) is 15.2 Å². The Morgan fingerprint density at radius 1 is 1.31 bits per heavy atom. The fourth-order valence-electron chi connectivity index (χ4n) is 1.28.